The van der Waals surface area contributed by atoms with Gasteiger partial charge in [0.2, 0.25) is 0 Å². The van der Waals surface area contributed by atoms with E-state index >= 15 is 0 Å². The number of aliphatic hydroxyl groups is 1. The fraction of sp³-hybridized carbons (Fsp3) is 0.333. The molecule has 0 saturated carbocycles. The van der Waals surface area contributed by atoms with Crippen LogP contribution in [0.3, 0.4) is 0 Å². The van der Waals surface area contributed by atoms with Gasteiger partial charge < -0.3 is 19.9 Å². The number of anilines is 1. The molecule has 4 heterocycles. The third kappa shape index (κ3) is 4.13. The zero-order chi connectivity index (χ0) is 23.9. The highest BCUT2D eigenvalue weighted by Gasteiger charge is 2.26. The van der Waals surface area contributed by atoms with Gasteiger partial charge in [-0.2, -0.15) is 5.10 Å². The summed E-state index contributed by atoms with van der Waals surface area (Å²) in [5.41, 5.74) is 6.44. The van der Waals surface area contributed by atoms with Crippen LogP contribution in [0.4, 0.5) is 10.1 Å². The Morgan fingerprint density at radius 3 is 2.83 bits per heavy atom. The number of halogens is 1. The first-order chi connectivity index (χ1) is 17.1. The number of aliphatic hydroxyl groups excluding tert-OH is 1. The molecule has 4 aromatic rings. The Kier molecular flexibility index (Phi) is 5.62. The van der Waals surface area contributed by atoms with Crippen molar-refractivity contribution in [1.82, 2.24) is 24.6 Å². The summed E-state index contributed by atoms with van der Waals surface area (Å²) >= 11 is 0. The lowest BCUT2D eigenvalue weighted by Gasteiger charge is -2.21. The Morgan fingerprint density at radius 2 is 2.00 bits per heavy atom. The Bertz CT molecular complexity index is 1340. The zero-order valence-electron chi connectivity index (χ0n) is 19.7. The standard InChI is InChI=1S/C27H29FN6O/c1-18(16-35)29-12-19-8-9-32(13-19)24-6-7-25-22(10-24)15-33-14-21(20-2-4-23(28)5-3-20)11-26(33)27-30-17-31-34(25)27/h2-7,10-11,14,17-19,29,35H,8-9,12-13,15-16H2,1H3/t18?,19-/m0/s1. The summed E-state index contributed by atoms with van der Waals surface area (Å²) < 4.78 is 17.6. The Hall–Kier alpha value is -3.49. The van der Waals surface area contributed by atoms with Crippen molar-refractivity contribution in [1.29, 1.82) is 0 Å². The molecule has 35 heavy (non-hydrogen) atoms. The van der Waals surface area contributed by atoms with Crippen LogP contribution in [-0.4, -0.2) is 56.7 Å². The topological polar surface area (TPSA) is 71.1 Å². The van der Waals surface area contributed by atoms with Crippen molar-refractivity contribution in [2.75, 3.05) is 31.1 Å². The molecular weight excluding hydrogens is 443 g/mol. The first-order valence-electron chi connectivity index (χ1n) is 12.2. The predicted octanol–water partition coefficient (Wildman–Crippen LogP) is 3.70. The molecule has 7 nitrogen and oxygen atoms in total. The van der Waals surface area contributed by atoms with Crippen LogP contribution < -0.4 is 10.2 Å². The minimum atomic E-state index is -0.237. The molecule has 6 rings (SSSR count). The van der Waals surface area contributed by atoms with E-state index in [1.165, 1.54) is 23.4 Å². The number of nitrogens with one attached hydrogen (secondary N) is 1. The van der Waals surface area contributed by atoms with Gasteiger partial charge >= 0.3 is 0 Å². The lowest BCUT2D eigenvalue weighted by Crippen LogP contribution is -2.34. The number of aromatic nitrogens is 4. The maximum Gasteiger partial charge on any atom is 0.179 e. The van der Waals surface area contributed by atoms with Crippen LogP contribution in [0.1, 0.15) is 18.9 Å². The van der Waals surface area contributed by atoms with Gasteiger partial charge in [0.1, 0.15) is 12.1 Å². The summed E-state index contributed by atoms with van der Waals surface area (Å²) in [7, 11) is 0. The number of fused-ring (bicyclic) bond motifs is 5. The normalized spacial score (nSPS) is 17.6. The third-order valence-corrected chi connectivity index (χ3v) is 7.16. The van der Waals surface area contributed by atoms with E-state index in [-0.39, 0.29) is 18.5 Å². The van der Waals surface area contributed by atoms with Crippen LogP contribution in [0, 0.1) is 11.7 Å². The molecule has 2 atom stereocenters. The molecule has 0 spiro atoms. The number of hydrogen-bond donors (Lipinski definition) is 2. The van der Waals surface area contributed by atoms with E-state index in [2.05, 4.69) is 55.3 Å². The smallest absolute Gasteiger partial charge is 0.179 e. The molecule has 2 N–H and O–H groups in total. The van der Waals surface area contributed by atoms with E-state index in [4.69, 9.17) is 0 Å². The van der Waals surface area contributed by atoms with Crippen LogP contribution in [0.15, 0.2) is 61.1 Å². The third-order valence-electron chi connectivity index (χ3n) is 7.16. The van der Waals surface area contributed by atoms with Gasteiger partial charge in [0.25, 0.3) is 0 Å². The number of hydrogen-bond acceptors (Lipinski definition) is 5. The van der Waals surface area contributed by atoms with E-state index in [1.54, 1.807) is 18.5 Å². The van der Waals surface area contributed by atoms with Gasteiger partial charge in [-0.1, -0.05) is 12.1 Å². The van der Waals surface area contributed by atoms with Crippen molar-refractivity contribution in [3.8, 4) is 28.3 Å². The lowest BCUT2D eigenvalue weighted by molar-refractivity contribution is 0.247. The summed E-state index contributed by atoms with van der Waals surface area (Å²) in [4.78, 5) is 7.01. The van der Waals surface area contributed by atoms with Crippen molar-refractivity contribution >= 4 is 5.69 Å². The van der Waals surface area contributed by atoms with Crippen molar-refractivity contribution in [3.05, 3.63) is 72.4 Å². The molecule has 0 aliphatic carbocycles. The van der Waals surface area contributed by atoms with E-state index in [0.29, 0.717) is 12.5 Å². The number of benzene rings is 2. The largest absolute Gasteiger partial charge is 0.395 e. The van der Waals surface area contributed by atoms with E-state index in [1.807, 2.05) is 11.6 Å². The molecule has 8 heteroatoms. The van der Waals surface area contributed by atoms with Crippen molar-refractivity contribution in [2.45, 2.75) is 25.9 Å². The molecule has 2 aromatic heterocycles. The predicted molar refractivity (Wildman–Crippen MR) is 134 cm³/mol. The highest BCUT2D eigenvalue weighted by atomic mass is 19.1. The highest BCUT2D eigenvalue weighted by molar-refractivity contribution is 5.71. The fourth-order valence-corrected chi connectivity index (χ4v) is 5.17. The minimum absolute atomic E-state index is 0.129. The summed E-state index contributed by atoms with van der Waals surface area (Å²) in [5.74, 6) is 1.13. The maximum absolute atomic E-state index is 13.4. The molecule has 0 amide bonds. The first-order valence-corrected chi connectivity index (χ1v) is 12.2. The number of rotatable bonds is 6. The summed E-state index contributed by atoms with van der Waals surface area (Å²) in [6, 6.07) is 15.4. The zero-order valence-corrected chi connectivity index (χ0v) is 19.7. The molecule has 2 aromatic carbocycles. The Morgan fingerprint density at radius 1 is 1.14 bits per heavy atom. The molecule has 1 saturated heterocycles. The molecule has 0 radical (unpaired) electrons. The molecule has 0 bridgehead atoms. The van der Waals surface area contributed by atoms with Crippen molar-refractivity contribution in [2.24, 2.45) is 5.92 Å². The van der Waals surface area contributed by atoms with Gasteiger partial charge in [-0.15, -0.1) is 0 Å². The second kappa shape index (κ2) is 8.94. The van der Waals surface area contributed by atoms with Crippen molar-refractivity contribution < 1.29 is 9.50 Å². The van der Waals surface area contributed by atoms with E-state index < -0.39 is 0 Å². The molecule has 1 fully saturated rings. The average molecular weight is 473 g/mol. The maximum atomic E-state index is 13.4. The van der Waals surface area contributed by atoms with Gasteiger partial charge in [-0.3, -0.25) is 0 Å². The van der Waals surface area contributed by atoms with Gasteiger partial charge in [-0.05, 0) is 66.8 Å². The fourth-order valence-electron chi connectivity index (χ4n) is 5.17. The molecule has 2 aliphatic rings. The first kappa shape index (κ1) is 22.0. The summed E-state index contributed by atoms with van der Waals surface area (Å²) in [5, 5.41) is 17.2. The molecule has 1 unspecified atom stereocenters. The van der Waals surface area contributed by atoms with Gasteiger partial charge in [0.15, 0.2) is 5.82 Å². The van der Waals surface area contributed by atoms with Gasteiger partial charge in [0, 0.05) is 49.7 Å². The molecular formula is C27H29FN6O. The SMILES string of the molecule is CC(CO)NC[C@@H]1CCN(c2ccc3c(c2)Cn2cc(-c4ccc(F)cc4)cc2-c2ncnn2-3)C1. The van der Waals surface area contributed by atoms with E-state index in [0.717, 1.165) is 54.4 Å². The summed E-state index contributed by atoms with van der Waals surface area (Å²) in [6.45, 7) is 5.82. The van der Waals surface area contributed by atoms with Crippen LogP contribution in [0.5, 0.6) is 0 Å². The Labute approximate surface area is 203 Å². The van der Waals surface area contributed by atoms with Gasteiger partial charge in [-0.25, -0.2) is 14.1 Å². The van der Waals surface area contributed by atoms with Crippen LogP contribution >= 0.6 is 0 Å². The monoisotopic (exact) mass is 472 g/mol. The minimum Gasteiger partial charge on any atom is -0.395 e. The highest BCUT2D eigenvalue weighted by Crippen LogP contribution is 2.35. The number of nitrogens with zero attached hydrogens (tertiary/aromatic N) is 5. The van der Waals surface area contributed by atoms with Crippen LogP contribution in [-0.2, 0) is 6.54 Å². The van der Waals surface area contributed by atoms with E-state index in [9.17, 15) is 9.50 Å². The lowest BCUT2D eigenvalue weighted by atomic mass is 10.1. The second-order valence-electron chi connectivity index (χ2n) is 9.65. The average Bonchev–Trinajstić information content (AvgIpc) is 3.62. The van der Waals surface area contributed by atoms with Crippen LogP contribution in [0.2, 0.25) is 0 Å². The second-order valence-corrected chi connectivity index (χ2v) is 9.65. The molecule has 180 valence electrons. The summed E-state index contributed by atoms with van der Waals surface area (Å²) in [6.07, 6.45) is 4.85. The Balaban J connectivity index is 1.30. The quantitative estimate of drug-likeness (QED) is 0.394. The van der Waals surface area contributed by atoms with Gasteiger partial charge in [0.05, 0.1) is 18.0 Å². The van der Waals surface area contributed by atoms with Crippen LogP contribution in [0.25, 0.3) is 28.3 Å². The molecule has 2 aliphatic heterocycles. The van der Waals surface area contributed by atoms with Crippen molar-refractivity contribution in [3.63, 3.8) is 0 Å².